The van der Waals surface area contributed by atoms with Crippen LogP contribution in [0.3, 0.4) is 0 Å². The van der Waals surface area contributed by atoms with Crippen molar-refractivity contribution in [3.63, 3.8) is 0 Å². The molecule has 0 aromatic heterocycles. The largest absolute Gasteiger partial charge is 0.370 e. The van der Waals surface area contributed by atoms with Crippen LogP contribution in [0.4, 0.5) is 0 Å². The van der Waals surface area contributed by atoms with Crippen LogP contribution in [-0.2, 0) is 4.74 Å². The van der Waals surface area contributed by atoms with Crippen LogP contribution in [-0.4, -0.2) is 12.2 Å². The Morgan fingerprint density at radius 1 is 1.04 bits per heavy atom. The average molecular weight is 315 g/mol. The third-order valence-electron chi connectivity index (χ3n) is 4.87. The van der Waals surface area contributed by atoms with Gasteiger partial charge >= 0.3 is 0 Å². The van der Waals surface area contributed by atoms with E-state index in [1.165, 1.54) is 16.7 Å². The highest BCUT2D eigenvalue weighted by Crippen LogP contribution is 2.48. The van der Waals surface area contributed by atoms with E-state index >= 15 is 0 Å². The van der Waals surface area contributed by atoms with E-state index in [1.807, 2.05) is 0 Å². The Morgan fingerprint density at radius 3 is 2.22 bits per heavy atom. The zero-order chi connectivity index (χ0) is 17.3. The van der Waals surface area contributed by atoms with Crippen LogP contribution in [0.15, 0.2) is 47.1 Å². The van der Waals surface area contributed by atoms with E-state index < -0.39 is 0 Å². The highest BCUT2D eigenvalue weighted by atomic mass is 16.5. The molecule has 1 atom stereocenters. The van der Waals surface area contributed by atoms with E-state index in [4.69, 9.17) is 4.74 Å². The maximum absolute atomic E-state index is 6.44. The van der Waals surface area contributed by atoms with E-state index in [-0.39, 0.29) is 16.4 Å². The number of ether oxygens (including phenoxy) is 1. The second kappa shape index (κ2) is 6.43. The Morgan fingerprint density at radius 2 is 1.74 bits per heavy atom. The summed E-state index contributed by atoms with van der Waals surface area (Å²) in [5, 5.41) is 0. The first-order chi connectivity index (χ1) is 10.6. The normalized spacial score (nSPS) is 25.3. The van der Waals surface area contributed by atoms with Crippen molar-refractivity contribution in [2.75, 3.05) is 6.61 Å². The smallest absolute Gasteiger partial charge is 0.0974 e. The molecule has 0 amide bonds. The van der Waals surface area contributed by atoms with Gasteiger partial charge in [0.05, 0.1) is 5.60 Å². The van der Waals surface area contributed by atoms with Crippen molar-refractivity contribution in [2.24, 2.45) is 10.8 Å². The molecule has 2 rings (SSSR count). The molecule has 0 bridgehead atoms. The SMILES string of the molecule is CCOC1(CC2=CCC=C2)CC=C(C(C)(C)C)C=C1C(C)(C)C. The van der Waals surface area contributed by atoms with Crippen molar-refractivity contribution >= 4 is 0 Å². The average Bonchev–Trinajstić information content (AvgIpc) is 2.89. The number of rotatable bonds is 4. The van der Waals surface area contributed by atoms with Crippen LogP contribution in [0, 0.1) is 10.8 Å². The van der Waals surface area contributed by atoms with Crippen LogP contribution >= 0.6 is 0 Å². The maximum Gasteiger partial charge on any atom is 0.0974 e. The van der Waals surface area contributed by atoms with Gasteiger partial charge in [0.1, 0.15) is 0 Å². The summed E-state index contributed by atoms with van der Waals surface area (Å²) in [5.74, 6) is 0. The maximum atomic E-state index is 6.44. The Kier molecular flexibility index (Phi) is 5.11. The molecular formula is C22H34O. The van der Waals surface area contributed by atoms with Crippen LogP contribution in [0.1, 0.15) is 67.7 Å². The molecule has 0 heterocycles. The lowest BCUT2D eigenvalue weighted by Gasteiger charge is -2.45. The molecule has 0 aromatic carbocycles. The van der Waals surface area contributed by atoms with Crippen LogP contribution < -0.4 is 0 Å². The second-order valence-corrected chi connectivity index (χ2v) is 8.94. The molecule has 0 fully saturated rings. The van der Waals surface area contributed by atoms with Crippen molar-refractivity contribution in [1.82, 2.24) is 0 Å². The van der Waals surface area contributed by atoms with E-state index in [2.05, 4.69) is 78.8 Å². The van der Waals surface area contributed by atoms with Gasteiger partial charge in [0.25, 0.3) is 0 Å². The van der Waals surface area contributed by atoms with Crippen molar-refractivity contribution in [3.8, 4) is 0 Å². The lowest BCUT2D eigenvalue weighted by Crippen LogP contribution is -2.42. The van der Waals surface area contributed by atoms with E-state index in [0.717, 1.165) is 25.9 Å². The summed E-state index contributed by atoms with van der Waals surface area (Å²) in [5.41, 5.74) is 4.39. The van der Waals surface area contributed by atoms with E-state index in [9.17, 15) is 0 Å². The number of allylic oxidation sites excluding steroid dienone is 5. The summed E-state index contributed by atoms with van der Waals surface area (Å²) in [7, 11) is 0. The molecule has 0 N–H and O–H groups in total. The van der Waals surface area contributed by atoms with Crippen LogP contribution in [0.25, 0.3) is 0 Å². The first-order valence-corrected chi connectivity index (χ1v) is 9.01. The second-order valence-electron chi connectivity index (χ2n) is 8.94. The van der Waals surface area contributed by atoms with Gasteiger partial charge in [-0.25, -0.2) is 0 Å². The fraction of sp³-hybridized carbons (Fsp3) is 0.636. The van der Waals surface area contributed by atoms with E-state index in [1.54, 1.807) is 0 Å². The molecule has 0 aromatic rings. The Bertz CT molecular complexity index is 558. The van der Waals surface area contributed by atoms with Crippen molar-refractivity contribution in [1.29, 1.82) is 0 Å². The van der Waals surface area contributed by atoms with Crippen molar-refractivity contribution in [3.05, 3.63) is 47.1 Å². The van der Waals surface area contributed by atoms with Gasteiger partial charge in [-0.1, -0.05) is 71.9 Å². The van der Waals surface area contributed by atoms with Gasteiger partial charge in [-0.05, 0) is 47.3 Å². The summed E-state index contributed by atoms with van der Waals surface area (Å²) in [6, 6.07) is 0. The standard InChI is InChI=1S/C22H34O/c1-8-23-22(16-17-11-9-10-12-17)14-13-18(20(2,3)4)15-19(22)21(5,6)7/h9,11-13,15H,8,10,14,16H2,1-7H3. The molecule has 1 heteroatoms. The Labute approximate surface area is 143 Å². The van der Waals surface area contributed by atoms with Gasteiger partial charge in [-0.15, -0.1) is 0 Å². The third-order valence-corrected chi connectivity index (χ3v) is 4.87. The fourth-order valence-corrected chi connectivity index (χ4v) is 3.75. The molecule has 23 heavy (non-hydrogen) atoms. The molecule has 128 valence electrons. The molecule has 2 aliphatic carbocycles. The van der Waals surface area contributed by atoms with Crippen molar-refractivity contribution in [2.45, 2.75) is 73.3 Å². The Balaban J connectivity index is 2.46. The summed E-state index contributed by atoms with van der Waals surface area (Å²) in [6.45, 7) is 16.7. The molecular weight excluding hydrogens is 280 g/mol. The summed E-state index contributed by atoms with van der Waals surface area (Å²) in [6.07, 6.45) is 14.7. The van der Waals surface area contributed by atoms with Crippen LogP contribution in [0.5, 0.6) is 0 Å². The fourth-order valence-electron chi connectivity index (χ4n) is 3.75. The third kappa shape index (κ3) is 4.07. The first-order valence-electron chi connectivity index (χ1n) is 9.01. The van der Waals surface area contributed by atoms with Gasteiger partial charge in [-0.2, -0.15) is 0 Å². The molecule has 0 spiro atoms. The molecule has 0 saturated carbocycles. The van der Waals surface area contributed by atoms with Gasteiger partial charge < -0.3 is 4.74 Å². The monoisotopic (exact) mass is 314 g/mol. The van der Waals surface area contributed by atoms with Gasteiger partial charge in [0, 0.05) is 13.0 Å². The minimum absolute atomic E-state index is 0.100. The number of hydrogen-bond donors (Lipinski definition) is 0. The highest BCUT2D eigenvalue weighted by molar-refractivity contribution is 5.43. The minimum Gasteiger partial charge on any atom is -0.370 e. The summed E-state index contributed by atoms with van der Waals surface area (Å²) in [4.78, 5) is 0. The zero-order valence-corrected chi connectivity index (χ0v) is 16.1. The van der Waals surface area contributed by atoms with Gasteiger partial charge in [0.2, 0.25) is 0 Å². The number of hydrogen-bond acceptors (Lipinski definition) is 1. The minimum atomic E-state index is -0.192. The van der Waals surface area contributed by atoms with Crippen molar-refractivity contribution < 1.29 is 4.74 Å². The predicted molar refractivity (Wildman–Crippen MR) is 101 cm³/mol. The molecule has 0 aliphatic heterocycles. The molecule has 1 unspecified atom stereocenters. The summed E-state index contributed by atoms with van der Waals surface area (Å²) >= 11 is 0. The zero-order valence-electron chi connectivity index (χ0n) is 16.1. The quantitative estimate of drug-likeness (QED) is 0.584. The molecule has 1 nitrogen and oxygen atoms in total. The predicted octanol–water partition coefficient (Wildman–Crippen LogP) is 6.39. The molecule has 2 aliphatic rings. The first kappa shape index (κ1) is 18.3. The van der Waals surface area contributed by atoms with Crippen LogP contribution in [0.2, 0.25) is 0 Å². The Hall–Kier alpha value is -1.08. The topological polar surface area (TPSA) is 9.23 Å². The molecule has 0 radical (unpaired) electrons. The van der Waals surface area contributed by atoms with E-state index in [0.29, 0.717) is 0 Å². The van der Waals surface area contributed by atoms with Gasteiger partial charge in [-0.3, -0.25) is 0 Å². The highest BCUT2D eigenvalue weighted by Gasteiger charge is 2.43. The lowest BCUT2D eigenvalue weighted by atomic mass is 9.66. The lowest BCUT2D eigenvalue weighted by molar-refractivity contribution is -0.0206. The van der Waals surface area contributed by atoms with Gasteiger partial charge in [0.15, 0.2) is 0 Å². The summed E-state index contributed by atoms with van der Waals surface area (Å²) < 4.78 is 6.44. The molecule has 0 saturated heterocycles.